The van der Waals surface area contributed by atoms with Crippen LogP contribution in [0.15, 0.2) is 78.9 Å². The van der Waals surface area contributed by atoms with E-state index >= 15 is 0 Å². The molecule has 0 unspecified atom stereocenters. The van der Waals surface area contributed by atoms with Crippen LogP contribution in [0.1, 0.15) is 10.4 Å². The van der Waals surface area contributed by atoms with Gasteiger partial charge in [-0.2, -0.15) is 0 Å². The van der Waals surface area contributed by atoms with Gasteiger partial charge in [0.05, 0.1) is 11.3 Å². The Morgan fingerprint density at radius 1 is 0.742 bits per heavy atom. The lowest BCUT2D eigenvalue weighted by Crippen LogP contribution is -2.22. The summed E-state index contributed by atoms with van der Waals surface area (Å²) in [7, 11) is 0. The Kier molecular flexibility index (Phi) is 7.21. The Balaban J connectivity index is 1.59. The smallest absolute Gasteiger partial charge is 0.349 e. The number of ether oxygens (including phenoxy) is 3. The molecule has 0 heterocycles. The lowest BCUT2D eigenvalue weighted by Gasteiger charge is -2.12. The number of nitrogens with one attached hydrogen (secondary N) is 1. The summed E-state index contributed by atoms with van der Waals surface area (Å²) in [6.45, 7) is -0.641. The molecule has 158 valence electrons. The highest BCUT2D eigenvalue weighted by Crippen LogP contribution is 2.23. The van der Waals surface area contributed by atoms with Crippen LogP contribution in [-0.4, -0.2) is 36.2 Å². The third-order valence-corrected chi connectivity index (χ3v) is 3.94. The Morgan fingerprint density at radius 3 is 1.90 bits per heavy atom. The molecule has 2 N–H and O–H groups in total. The first-order chi connectivity index (χ1) is 15.0. The van der Waals surface area contributed by atoms with E-state index in [1.165, 1.54) is 12.1 Å². The van der Waals surface area contributed by atoms with Gasteiger partial charge in [0.15, 0.2) is 13.2 Å². The molecule has 1 amide bonds. The summed E-state index contributed by atoms with van der Waals surface area (Å²) in [4.78, 5) is 35.7. The van der Waals surface area contributed by atoms with Gasteiger partial charge in [0.2, 0.25) is 0 Å². The molecule has 0 fully saturated rings. The first-order valence-electron chi connectivity index (χ1n) is 9.25. The number of carboxylic acid groups (broad SMARTS) is 1. The molecule has 3 aromatic carbocycles. The maximum Gasteiger partial charge on any atom is 0.349 e. The lowest BCUT2D eigenvalue weighted by molar-refractivity contribution is -0.136. The number of anilines is 1. The van der Waals surface area contributed by atoms with Crippen molar-refractivity contribution in [3.63, 3.8) is 0 Å². The average Bonchev–Trinajstić information content (AvgIpc) is 2.78. The van der Waals surface area contributed by atoms with E-state index in [0.717, 1.165) is 6.07 Å². The average molecular weight is 421 g/mol. The molecule has 31 heavy (non-hydrogen) atoms. The maximum atomic E-state index is 12.1. The number of hydrogen-bond donors (Lipinski definition) is 2. The number of rotatable bonds is 9. The van der Waals surface area contributed by atoms with Crippen LogP contribution in [0.3, 0.4) is 0 Å². The fourth-order valence-electron chi connectivity index (χ4n) is 2.54. The van der Waals surface area contributed by atoms with Gasteiger partial charge in [-0.25, -0.2) is 9.59 Å². The van der Waals surface area contributed by atoms with Crippen LogP contribution < -0.4 is 19.5 Å². The minimum Gasteiger partial charge on any atom is -0.484 e. The number of carbonyl (C=O) groups is 3. The van der Waals surface area contributed by atoms with Gasteiger partial charge in [-0.05, 0) is 42.5 Å². The van der Waals surface area contributed by atoms with Gasteiger partial charge >= 0.3 is 11.9 Å². The van der Waals surface area contributed by atoms with Crippen molar-refractivity contribution in [2.45, 2.75) is 0 Å². The molecule has 8 nitrogen and oxygen atoms in total. The van der Waals surface area contributed by atoms with Crippen LogP contribution >= 0.6 is 0 Å². The third-order valence-electron chi connectivity index (χ3n) is 3.94. The van der Waals surface area contributed by atoms with Crippen molar-refractivity contribution in [1.82, 2.24) is 0 Å². The second-order valence-electron chi connectivity index (χ2n) is 6.24. The summed E-state index contributed by atoms with van der Waals surface area (Å²) in [5, 5.41) is 11.9. The number of carboxylic acids is 1. The number of para-hydroxylation sites is 2. The second-order valence-corrected chi connectivity index (χ2v) is 6.24. The summed E-state index contributed by atoms with van der Waals surface area (Å²) < 4.78 is 15.8. The third kappa shape index (κ3) is 6.60. The highest BCUT2D eigenvalue weighted by molar-refractivity contribution is 6.01. The molecule has 0 saturated carbocycles. The van der Waals surface area contributed by atoms with E-state index in [0.29, 0.717) is 11.5 Å². The maximum absolute atomic E-state index is 12.1. The van der Waals surface area contributed by atoms with E-state index < -0.39 is 17.8 Å². The van der Waals surface area contributed by atoms with Crippen LogP contribution in [0.4, 0.5) is 5.69 Å². The standard InChI is InChI=1S/C23H19NO7/c25-21(14-29-16-7-3-1-4-8-16)24-20-12-11-18(13-19(20)23(27)28)31-22(26)15-30-17-9-5-2-6-10-17/h1-13H,14-15H2,(H,24,25)(H,27,28). The number of hydrogen-bond acceptors (Lipinski definition) is 6. The van der Waals surface area contributed by atoms with Crippen molar-refractivity contribution in [2.75, 3.05) is 18.5 Å². The molecular formula is C23H19NO7. The zero-order valence-corrected chi connectivity index (χ0v) is 16.3. The molecule has 3 rings (SSSR count). The Hall–Kier alpha value is -4.33. The van der Waals surface area contributed by atoms with Gasteiger partial charge in [0.25, 0.3) is 5.91 Å². The van der Waals surface area contributed by atoms with Crippen molar-refractivity contribution in [3.05, 3.63) is 84.4 Å². The number of esters is 1. The van der Waals surface area contributed by atoms with Gasteiger partial charge in [-0.3, -0.25) is 4.79 Å². The number of benzene rings is 3. The fourth-order valence-corrected chi connectivity index (χ4v) is 2.54. The highest BCUT2D eigenvalue weighted by atomic mass is 16.6. The topological polar surface area (TPSA) is 111 Å². The molecule has 0 saturated heterocycles. The predicted octanol–water partition coefficient (Wildman–Crippen LogP) is 3.39. The first kappa shape index (κ1) is 21.4. The normalized spacial score (nSPS) is 10.1. The molecule has 0 bridgehead atoms. The van der Waals surface area contributed by atoms with Crippen LogP contribution in [0.5, 0.6) is 17.2 Å². The van der Waals surface area contributed by atoms with Gasteiger partial charge in [0, 0.05) is 0 Å². The van der Waals surface area contributed by atoms with Gasteiger partial charge in [0.1, 0.15) is 17.2 Å². The van der Waals surface area contributed by atoms with Crippen molar-refractivity contribution in [2.24, 2.45) is 0 Å². The first-order valence-corrected chi connectivity index (χ1v) is 9.25. The van der Waals surface area contributed by atoms with Gasteiger partial charge < -0.3 is 24.6 Å². The zero-order chi connectivity index (χ0) is 22.1. The van der Waals surface area contributed by atoms with Gasteiger partial charge in [-0.15, -0.1) is 0 Å². The van der Waals surface area contributed by atoms with Gasteiger partial charge in [-0.1, -0.05) is 36.4 Å². The summed E-state index contributed by atoms with van der Waals surface area (Å²) in [6, 6.07) is 21.3. The minimum absolute atomic E-state index is 0.0117. The lowest BCUT2D eigenvalue weighted by atomic mass is 10.1. The zero-order valence-electron chi connectivity index (χ0n) is 16.3. The van der Waals surface area contributed by atoms with Crippen molar-refractivity contribution >= 4 is 23.5 Å². The SMILES string of the molecule is O=C(COc1ccccc1)Nc1ccc(OC(=O)COc2ccccc2)cc1C(=O)O. The molecule has 3 aromatic rings. The molecule has 0 aromatic heterocycles. The van der Waals surface area contributed by atoms with E-state index in [1.807, 2.05) is 12.1 Å². The molecule has 0 radical (unpaired) electrons. The molecule has 0 aliphatic heterocycles. The van der Waals surface area contributed by atoms with Crippen molar-refractivity contribution in [3.8, 4) is 17.2 Å². The van der Waals surface area contributed by atoms with Crippen LogP contribution in [0.2, 0.25) is 0 Å². The largest absolute Gasteiger partial charge is 0.484 e. The van der Waals surface area contributed by atoms with E-state index in [1.54, 1.807) is 48.5 Å². The highest BCUT2D eigenvalue weighted by Gasteiger charge is 2.16. The number of carbonyl (C=O) groups excluding carboxylic acids is 2. The number of amides is 1. The Bertz CT molecular complexity index is 1050. The van der Waals surface area contributed by atoms with Crippen molar-refractivity contribution < 1.29 is 33.7 Å². The molecule has 0 aliphatic carbocycles. The van der Waals surface area contributed by atoms with Crippen LogP contribution in [0, 0.1) is 0 Å². The summed E-state index contributed by atoms with van der Waals surface area (Å²) in [5.74, 6) is -1.51. The quantitative estimate of drug-likeness (QED) is 0.402. The molecule has 8 heteroatoms. The molecule has 0 atom stereocenters. The van der Waals surface area contributed by atoms with E-state index in [2.05, 4.69) is 5.32 Å². The fraction of sp³-hybridized carbons (Fsp3) is 0.0870. The van der Waals surface area contributed by atoms with E-state index in [9.17, 15) is 19.5 Å². The van der Waals surface area contributed by atoms with E-state index in [4.69, 9.17) is 14.2 Å². The molecule has 0 spiro atoms. The predicted molar refractivity (Wildman–Crippen MR) is 112 cm³/mol. The number of aromatic carboxylic acids is 1. The summed E-state index contributed by atoms with van der Waals surface area (Å²) in [5.41, 5.74) is -0.183. The monoisotopic (exact) mass is 421 g/mol. The Morgan fingerprint density at radius 2 is 1.32 bits per heavy atom. The van der Waals surface area contributed by atoms with Crippen LogP contribution in [-0.2, 0) is 9.59 Å². The Labute approximate surface area is 178 Å². The molecule has 0 aliphatic rings. The minimum atomic E-state index is -1.29. The second kappa shape index (κ2) is 10.4. The van der Waals surface area contributed by atoms with Crippen LogP contribution in [0.25, 0.3) is 0 Å². The molecular weight excluding hydrogens is 402 g/mol. The van der Waals surface area contributed by atoms with E-state index in [-0.39, 0.29) is 30.2 Å². The summed E-state index contributed by atoms with van der Waals surface area (Å²) in [6.07, 6.45) is 0. The summed E-state index contributed by atoms with van der Waals surface area (Å²) >= 11 is 0. The van der Waals surface area contributed by atoms with Crippen molar-refractivity contribution in [1.29, 1.82) is 0 Å².